The van der Waals surface area contributed by atoms with E-state index in [-0.39, 0.29) is 24.9 Å². The van der Waals surface area contributed by atoms with Crippen molar-refractivity contribution in [1.82, 2.24) is 4.90 Å². The molecule has 0 saturated heterocycles. The Labute approximate surface area is 150 Å². The molecule has 0 N–H and O–H groups in total. The molecule has 1 aromatic rings. The molecule has 0 heterocycles. The Bertz CT molecular complexity index is 515. The molecule has 0 saturated carbocycles. The van der Waals surface area contributed by atoms with Crippen LogP contribution < -0.4 is 9.47 Å². The van der Waals surface area contributed by atoms with Crippen molar-refractivity contribution in [2.24, 2.45) is 0 Å². The van der Waals surface area contributed by atoms with Crippen molar-refractivity contribution in [1.29, 1.82) is 0 Å². The van der Waals surface area contributed by atoms with Crippen LogP contribution in [0.5, 0.6) is 11.5 Å². The van der Waals surface area contributed by atoms with Crippen molar-refractivity contribution in [3.05, 3.63) is 24.3 Å². The number of carbonyl (C=O) groups is 2. The van der Waals surface area contributed by atoms with Gasteiger partial charge < -0.3 is 19.1 Å². The lowest BCUT2D eigenvalue weighted by molar-refractivity contribution is -0.142. The molecular weight excluding hydrogens is 322 g/mol. The van der Waals surface area contributed by atoms with E-state index in [1.165, 1.54) is 7.11 Å². The highest BCUT2D eigenvalue weighted by molar-refractivity contribution is 5.78. The Morgan fingerprint density at radius 3 is 2.16 bits per heavy atom. The summed E-state index contributed by atoms with van der Waals surface area (Å²) >= 11 is 0. The third kappa shape index (κ3) is 8.42. The van der Waals surface area contributed by atoms with Gasteiger partial charge in [-0.1, -0.05) is 19.8 Å². The number of nitrogens with zero attached hydrogens (tertiary/aromatic N) is 1. The highest BCUT2D eigenvalue weighted by Gasteiger charge is 2.15. The van der Waals surface area contributed by atoms with Crippen molar-refractivity contribution in [3.8, 4) is 11.5 Å². The Morgan fingerprint density at radius 2 is 1.60 bits per heavy atom. The van der Waals surface area contributed by atoms with Crippen LogP contribution in [0.1, 0.15) is 39.5 Å². The van der Waals surface area contributed by atoms with Crippen LogP contribution in [-0.4, -0.2) is 50.2 Å². The van der Waals surface area contributed by atoms with Crippen LogP contribution in [0.4, 0.5) is 0 Å². The molecule has 1 amide bonds. The van der Waals surface area contributed by atoms with Crippen LogP contribution in [0.2, 0.25) is 0 Å². The monoisotopic (exact) mass is 351 g/mol. The number of hydrogen-bond acceptors (Lipinski definition) is 5. The molecule has 0 unspecified atom stereocenters. The van der Waals surface area contributed by atoms with Gasteiger partial charge in [0.2, 0.25) is 0 Å². The fourth-order valence-corrected chi connectivity index (χ4v) is 2.28. The van der Waals surface area contributed by atoms with Gasteiger partial charge in [-0.2, -0.15) is 0 Å². The average Bonchev–Trinajstić information content (AvgIpc) is 2.63. The van der Waals surface area contributed by atoms with Crippen LogP contribution in [0.25, 0.3) is 0 Å². The largest absolute Gasteiger partial charge is 0.494 e. The molecule has 6 nitrogen and oxygen atoms in total. The second-order valence-corrected chi connectivity index (χ2v) is 5.61. The first-order chi connectivity index (χ1) is 12.1. The van der Waals surface area contributed by atoms with Crippen molar-refractivity contribution < 1.29 is 23.8 Å². The molecule has 6 heteroatoms. The highest BCUT2D eigenvalue weighted by atomic mass is 16.5. The molecule has 25 heavy (non-hydrogen) atoms. The van der Waals surface area contributed by atoms with Crippen LogP contribution in [0.3, 0.4) is 0 Å². The van der Waals surface area contributed by atoms with Crippen molar-refractivity contribution >= 4 is 11.9 Å². The Kier molecular flexibility index (Phi) is 10.1. The van der Waals surface area contributed by atoms with E-state index in [2.05, 4.69) is 11.7 Å². The smallest absolute Gasteiger partial charge is 0.307 e. The molecule has 140 valence electrons. The summed E-state index contributed by atoms with van der Waals surface area (Å²) in [6.07, 6.45) is 3.22. The number of unbranched alkanes of at least 4 members (excludes halogenated alkanes) is 2. The molecule has 0 aliphatic rings. The zero-order valence-corrected chi connectivity index (χ0v) is 15.5. The van der Waals surface area contributed by atoms with E-state index in [9.17, 15) is 9.59 Å². The minimum absolute atomic E-state index is 0.0543. The fraction of sp³-hybridized carbons (Fsp3) is 0.579. The summed E-state index contributed by atoms with van der Waals surface area (Å²) in [6, 6.07) is 7.15. The molecule has 0 aliphatic heterocycles. The third-order valence-corrected chi connectivity index (χ3v) is 3.69. The Balaban J connectivity index is 2.52. The predicted octanol–water partition coefficient (Wildman–Crippen LogP) is 3.05. The molecule has 0 aliphatic carbocycles. The maximum atomic E-state index is 12.4. The van der Waals surface area contributed by atoms with Gasteiger partial charge in [0.15, 0.2) is 6.61 Å². The number of methoxy groups -OCH3 is 1. The highest BCUT2D eigenvalue weighted by Crippen LogP contribution is 2.17. The molecule has 1 aromatic carbocycles. The molecule has 0 fully saturated rings. The quantitative estimate of drug-likeness (QED) is 0.428. The molecule has 0 radical (unpaired) electrons. The van der Waals surface area contributed by atoms with Crippen LogP contribution in [-0.2, 0) is 14.3 Å². The van der Waals surface area contributed by atoms with Gasteiger partial charge >= 0.3 is 5.97 Å². The maximum Gasteiger partial charge on any atom is 0.307 e. The lowest BCUT2D eigenvalue weighted by atomic mass is 10.2. The average molecular weight is 351 g/mol. The van der Waals surface area contributed by atoms with Crippen LogP contribution in [0, 0.1) is 0 Å². The molecule has 1 rings (SSSR count). The van der Waals surface area contributed by atoms with Gasteiger partial charge in [-0.15, -0.1) is 0 Å². The SMILES string of the molecule is CCCCCN(CCC(=O)OC)C(=O)COc1ccc(OCC)cc1. The van der Waals surface area contributed by atoms with Crippen molar-refractivity contribution in [3.63, 3.8) is 0 Å². The topological polar surface area (TPSA) is 65.1 Å². The number of hydrogen-bond donors (Lipinski definition) is 0. The first-order valence-electron chi connectivity index (χ1n) is 8.80. The molecular formula is C19H29NO5. The van der Waals surface area contributed by atoms with Gasteiger partial charge in [-0.05, 0) is 37.6 Å². The first-order valence-corrected chi connectivity index (χ1v) is 8.80. The van der Waals surface area contributed by atoms with Gasteiger partial charge in [-0.25, -0.2) is 0 Å². The van der Waals surface area contributed by atoms with E-state index < -0.39 is 0 Å². The summed E-state index contributed by atoms with van der Waals surface area (Å²) in [5.41, 5.74) is 0. The molecule has 0 aromatic heterocycles. The molecule has 0 spiro atoms. The van der Waals surface area contributed by atoms with E-state index in [1.54, 1.807) is 29.2 Å². The normalized spacial score (nSPS) is 10.2. The summed E-state index contributed by atoms with van der Waals surface area (Å²) in [7, 11) is 1.35. The third-order valence-electron chi connectivity index (χ3n) is 3.69. The van der Waals surface area contributed by atoms with Crippen LogP contribution >= 0.6 is 0 Å². The second-order valence-electron chi connectivity index (χ2n) is 5.61. The number of esters is 1. The van der Waals surface area contributed by atoms with Gasteiger partial charge in [0.25, 0.3) is 5.91 Å². The summed E-state index contributed by atoms with van der Waals surface area (Å²) in [4.78, 5) is 25.4. The molecule has 0 bridgehead atoms. The number of carbonyl (C=O) groups excluding carboxylic acids is 2. The standard InChI is InChI=1S/C19H29NO5/c1-4-6-7-13-20(14-12-19(22)23-3)18(21)15-25-17-10-8-16(9-11-17)24-5-2/h8-11H,4-7,12-15H2,1-3H3. The summed E-state index contributed by atoms with van der Waals surface area (Å²) < 4.78 is 15.6. The van der Waals surface area contributed by atoms with Crippen molar-refractivity contribution in [2.45, 2.75) is 39.5 Å². The molecule has 0 atom stereocenters. The second kappa shape index (κ2) is 12.2. The first kappa shape index (κ1) is 20.8. The van der Waals surface area contributed by atoms with E-state index >= 15 is 0 Å². The zero-order chi connectivity index (χ0) is 18.5. The zero-order valence-electron chi connectivity index (χ0n) is 15.5. The maximum absolute atomic E-state index is 12.4. The van der Waals surface area contributed by atoms with Gasteiger partial charge in [-0.3, -0.25) is 9.59 Å². The van der Waals surface area contributed by atoms with E-state index in [4.69, 9.17) is 9.47 Å². The predicted molar refractivity (Wildman–Crippen MR) is 95.8 cm³/mol. The summed E-state index contributed by atoms with van der Waals surface area (Å²) in [5, 5.41) is 0. The Morgan fingerprint density at radius 1 is 0.960 bits per heavy atom. The van der Waals surface area contributed by atoms with Gasteiger partial charge in [0.1, 0.15) is 11.5 Å². The summed E-state index contributed by atoms with van der Waals surface area (Å²) in [6.45, 7) is 5.55. The number of benzene rings is 1. The van der Waals surface area contributed by atoms with Crippen LogP contribution in [0.15, 0.2) is 24.3 Å². The number of amides is 1. The van der Waals surface area contributed by atoms with E-state index in [0.717, 1.165) is 25.0 Å². The Hall–Kier alpha value is -2.24. The van der Waals surface area contributed by atoms with Crippen molar-refractivity contribution in [2.75, 3.05) is 33.4 Å². The van der Waals surface area contributed by atoms with Gasteiger partial charge in [0.05, 0.1) is 20.1 Å². The lowest BCUT2D eigenvalue weighted by Crippen LogP contribution is -2.37. The van der Waals surface area contributed by atoms with Gasteiger partial charge in [0, 0.05) is 13.1 Å². The fourth-order valence-electron chi connectivity index (χ4n) is 2.28. The number of rotatable bonds is 12. The summed E-state index contributed by atoms with van der Waals surface area (Å²) in [5.74, 6) is 0.924. The van der Waals surface area contributed by atoms with E-state index in [1.807, 2.05) is 6.92 Å². The minimum Gasteiger partial charge on any atom is -0.494 e. The van der Waals surface area contributed by atoms with E-state index in [0.29, 0.717) is 25.4 Å². The number of ether oxygens (including phenoxy) is 3. The lowest BCUT2D eigenvalue weighted by Gasteiger charge is -2.22. The minimum atomic E-state index is -0.319.